The Kier molecular flexibility index (Phi) is 4.36. The molecule has 0 radical (unpaired) electrons. The van der Waals surface area contributed by atoms with Gasteiger partial charge in [-0.15, -0.1) is 0 Å². The van der Waals surface area contributed by atoms with Crippen LogP contribution < -0.4 is 0 Å². The summed E-state index contributed by atoms with van der Waals surface area (Å²) >= 11 is 2.04. The number of thioether (sulfide) groups is 1. The van der Waals surface area contributed by atoms with E-state index in [1.807, 2.05) is 43.2 Å². The number of aryl methyl sites for hydroxylation is 1. The Morgan fingerprint density at radius 3 is 2.62 bits per heavy atom. The minimum Gasteiger partial charge on any atom is -0.334 e. The lowest BCUT2D eigenvalue weighted by Crippen LogP contribution is -2.31. The fraction of sp³-hybridized carbons (Fsp3) is 0.353. The molecule has 124 valence electrons. The van der Waals surface area contributed by atoms with Gasteiger partial charge >= 0.3 is 0 Å². The Bertz CT molecular complexity index is 805. The fourth-order valence-corrected chi connectivity index (χ4v) is 3.73. The van der Waals surface area contributed by atoms with Crippen molar-refractivity contribution in [2.45, 2.75) is 6.54 Å². The maximum atomic E-state index is 5.38. The zero-order valence-corrected chi connectivity index (χ0v) is 14.4. The third kappa shape index (κ3) is 3.37. The van der Waals surface area contributed by atoms with Crippen molar-refractivity contribution in [3.8, 4) is 23.0 Å². The van der Waals surface area contributed by atoms with Crippen LogP contribution >= 0.6 is 11.8 Å². The first kappa shape index (κ1) is 15.4. The molecule has 1 aromatic carbocycles. The molecule has 3 heterocycles. The molecule has 1 fully saturated rings. The van der Waals surface area contributed by atoms with E-state index in [2.05, 4.69) is 32.3 Å². The summed E-state index contributed by atoms with van der Waals surface area (Å²) in [6, 6.07) is 10.2. The van der Waals surface area contributed by atoms with Gasteiger partial charge in [-0.2, -0.15) is 21.8 Å². The highest BCUT2D eigenvalue weighted by Gasteiger charge is 2.14. The van der Waals surface area contributed by atoms with Gasteiger partial charge in [0, 0.05) is 49.9 Å². The van der Waals surface area contributed by atoms with Crippen LogP contribution in [0.3, 0.4) is 0 Å². The summed E-state index contributed by atoms with van der Waals surface area (Å²) in [4.78, 5) is 6.94. The van der Waals surface area contributed by atoms with Crippen molar-refractivity contribution in [2.75, 3.05) is 24.6 Å². The van der Waals surface area contributed by atoms with Crippen LogP contribution in [0.5, 0.6) is 0 Å². The van der Waals surface area contributed by atoms with Crippen LogP contribution in [0.1, 0.15) is 5.56 Å². The molecular weight excluding hydrogens is 322 g/mol. The Balaban J connectivity index is 1.47. The SMILES string of the molecule is Cn1ccc(-c2noc(-c3ccc(CN4CCSCC4)cc3)n2)n1. The lowest BCUT2D eigenvalue weighted by atomic mass is 10.1. The lowest BCUT2D eigenvalue weighted by molar-refractivity contribution is 0.294. The predicted octanol–water partition coefficient (Wildman–Crippen LogP) is 2.69. The molecule has 3 aromatic rings. The van der Waals surface area contributed by atoms with Gasteiger partial charge in [0.25, 0.3) is 5.89 Å². The van der Waals surface area contributed by atoms with Crippen LogP contribution in [0, 0.1) is 0 Å². The smallest absolute Gasteiger partial charge is 0.258 e. The number of rotatable bonds is 4. The van der Waals surface area contributed by atoms with Gasteiger partial charge in [0.15, 0.2) is 0 Å². The fourth-order valence-electron chi connectivity index (χ4n) is 2.75. The summed E-state index contributed by atoms with van der Waals surface area (Å²) in [7, 11) is 1.87. The summed E-state index contributed by atoms with van der Waals surface area (Å²) in [5.41, 5.74) is 2.96. The van der Waals surface area contributed by atoms with E-state index in [-0.39, 0.29) is 0 Å². The van der Waals surface area contributed by atoms with Gasteiger partial charge in [-0.3, -0.25) is 9.58 Å². The van der Waals surface area contributed by atoms with Crippen molar-refractivity contribution in [1.82, 2.24) is 24.8 Å². The lowest BCUT2D eigenvalue weighted by Gasteiger charge is -2.26. The molecule has 0 unspecified atom stereocenters. The number of aromatic nitrogens is 4. The van der Waals surface area contributed by atoms with Crippen molar-refractivity contribution in [3.63, 3.8) is 0 Å². The molecular formula is C17H19N5OS. The highest BCUT2D eigenvalue weighted by Crippen LogP contribution is 2.22. The maximum absolute atomic E-state index is 5.38. The number of hydrogen-bond acceptors (Lipinski definition) is 6. The molecule has 0 aliphatic carbocycles. The van der Waals surface area contributed by atoms with Crippen LogP contribution in [0.15, 0.2) is 41.1 Å². The molecule has 1 aliphatic rings. The van der Waals surface area contributed by atoms with E-state index in [0.717, 1.165) is 12.1 Å². The Morgan fingerprint density at radius 2 is 1.92 bits per heavy atom. The van der Waals surface area contributed by atoms with Crippen LogP contribution in [0.2, 0.25) is 0 Å². The topological polar surface area (TPSA) is 60.0 Å². The van der Waals surface area contributed by atoms with Gasteiger partial charge in [0.2, 0.25) is 5.82 Å². The van der Waals surface area contributed by atoms with E-state index >= 15 is 0 Å². The number of nitrogens with zero attached hydrogens (tertiary/aromatic N) is 5. The highest BCUT2D eigenvalue weighted by atomic mass is 32.2. The predicted molar refractivity (Wildman–Crippen MR) is 94.5 cm³/mol. The third-order valence-corrected chi connectivity index (χ3v) is 5.02. The minimum absolute atomic E-state index is 0.514. The van der Waals surface area contributed by atoms with Crippen molar-refractivity contribution >= 4 is 11.8 Å². The van der Waals surface area contributed by atoms with Crippen molar-refractivity contribution in [3.05, 3.63) is 42.1 Å². The Morgan fingerprint density at radius 1 is 1.12 bits per heavy atom. The highest BCUT2D eigenvalue weighted by molar-refractivity contribution is 7.99. The standard InChI is InChI=1S/C17H19N5OS/c1-21-7-6-15(19-21)16-18-17(23-20-16)14-4-2-13(3-5-14)12-22-8-10-24-11-9-22/h2-7H,8-12H2,1H3. The summed E-state index contributed by atoms with van der Waals surface area (Å²) in [5, 5.41) is 8.31. The van der Waals surface area contributed by atoms with Gasteiger partial charge in [0.05, 0.1) is 0 Å². The van der Waals surface area contributed by atoms with Gasteiger partial charge in [0.1, 0.15) is 5.69 Å². The second kappa shape index (κ2) is 6.78. The van der Waals surface area contributed by atoms with Crippen LogP contribution in [-0.4, -0.2) is 49.4 Å². The Hall–Kier alpha value is -2.12. The molecule has 0 amide bonds. The average Bonchev–Trinajstić information content (AvgIpc) is 3.25. The molecule has 1 saturated heterocycles. The molecule has 2 aromatic heterocycles. The van der Waals surface area contributed by atoms with Gasteiger partial charge in [-0.05, 0) is 23.8 Å². The Labute approximate surface area is 144 Å². The molecule has 0 N–H and O–H groups in total. The summed E-state index contributed by atoms with van der Waals surface area (Å²) < 4.78 is 7.10. The molecule has 0 atom stereocenters. The molecule has 1 aliphatic heterocycles. The molecule has 6 nitrogen and oxygen atoms in total. The van der Waals surface area contributed by atoms with E-state index in [1.54, 1.807) is 4.68 Å². The molecule has 4 rings (SSSR count). The second-order valence-electron chi connectivity index (χ2n) is 5.88. The van der Waals surface area contributed by atoms with E-state index in [1.165, 1.54) is 30.2 Å². The largest absolute Gasteiger partial charge is 0.334 e. The van der Waals surface area contributed by atoms with Crippen molar-refractivity contribution in [1.29, 1.82) is 0 Å². The monoisotopic (exact) mass is 341 g/mol. The molecule has 0 spiro atoms. The van der Waals surface area contributed by atoms with Crippen LogP contribution in [0.25, 0.3) is 23.0 Å². The minimum atomic E-state index is 0.514. The zero-order valence-electron chi connectivity index (χ0n) is 13.6. The zero-order chi connectivity index (χ0) is 16.4. The van der Waals surface area contributed by atoms with Crippen molar-refractivity contribution < 1.29 is 4.52 Å². The van der Waals surface area contributed by atoms with E-state index in [4.69, 9.17) is 4.52 Å². The first-order valence-corrected chi connectivity index (χ1v) is 9.16. The van der Waals surface area contributed by atoms with Crippen LogP contribution in [0.4, 0.5) is 0 Å². The average molecular weight is 341 g/mol. The van der Waals surface area contributed by atoms with Crippen LogP contribution in [-0.2, 0) is 13.6 Å². The summed E-state index contributed by atoms with van der Waals surface area (Å²) in [6.07, 6.45) is 1.86. The van der Waals surface area contributed by atoms with E-state index in [9.17, 15) is 0 Å². The summed E-state index contributed by atoms with van der Waals surface area (Å²) in [5.74, 6) is 3.50. The normalized spacial score (nSPS) is 15.7. The van der Waals surface area contributed by atoms with Gasteiger partial charge in [-0.25, -0.2) is 0 Å². The van der Waals surface area contributed by atoms with Gasteiger partial charge < -0.3 is 4.52 Å². The summed E-state index contributed by atoms with van der Waals surface area (Å²) in [6.45, 7) is 3.34. The number of benzene rings is 1. The third-order valence-electron chi connectivity index (χ3n) is 4.08. The quantitative estimate of drug-likeness (QED) is 0.727. The first-order valence-electron chi connectivity index (χ1n) is 8.01. The van der Waals surface area contributed by atoms with E-state index < -0.39 is 0 Å². The first-order chi connectivity index (χ1) is 11.8. The van der Waals surface area contributed by atoms with Gasteiger partial charge in [-0.1, -0.05) is 17.3 Å². The maximum Gasteiger partial charge on any atom is 0.258 e. The van der Waals surface area contributed by atoms with Crippen molar-refractivity contribution in [2.24, 2.45) is 7.05 Å². The number of hydrogen-bond donors (Lipinski definition) is 0. The van der Waals surface area contributed by atoms with E-state index in [0.29, 0.717) is 17.4 Å². The molecule has 7 heteroatoms. The molecule has 0 bridgehead atoms. The second-order valence-corrected chi connectivity index (χ2v) is 7.11. The molecule has 24 heavy (non-hydrogen) atoms. The molecule has 0 saturated carbocycles.